The van der Waals surface area contributed by atoms with Crippen molar-refractivity contribution in [1.82, 2.24) is 0 Å². The Labute approximate surface area is 133 Å². The molecule has 4 heteroatoms. The van der Waals surface area contributed by atoms with Gasteiger partial charge < -0.3 is 9.15 Å². The number of benzene rings is 2. The normalized spacial score (nSPS) is 10.9. The van der Waals surface area contributed by atoms with Crippen LogP contribution in [-0.2, 0) is 0 Å². The van der Waals surface area contributed by atoms with E-state index in [2.05, 4.69) is 0 Å². The fourth-order valence-corrected chi connectivity index (χ4v) is 2.59. The molecule has 3 nitrogen and oxygen atoms in total. The largest absolute Gasteiger partial charge is 0.465 e. The summed E-state index contributed by atoms with van der Waals surface area (Å²) in [6, 6.07) is 13.0. The van der Waals surface area contributed by atoms with Gasteiger partial charge in [0, 0.05) is 10.4 Å². The van der Waals surface area contributed by atoms with E-state index in [4.69, 9.17) is 20.8 Å². The molecule has 0 amide bonds. The molecule has 0 fully saturated rings. The molecular weight excluding hydrogens is 300 g/mol. The summed E-state index contributed by atoms with van der Waals surface area (Å²) in [5.41, 5.74) is 2.34. The Balaban J connectivity index is 2.40. The average molecular weight is 315 g/mol. The molecule has 3 aromatic rings. The third kappa shape index (κ3) is 2.60. The fraction of sp³-hybridized carbons (Fsp3) is 0.167. The summed E-state index contributed by atoms with van der Waals surface area (Å²) in [6.07, 6.45) is 0. The first-order chi connectivity index (χ1) is 10.6. The summed E-state index contributed by atoms with van der Waals surface area (Å²) < 4.78 is 10.9. The lowest BCUT2D eigenvalue weighted by Crippen LogP contribution is -2.05. The highest BCUT2D eigenvalue weighted by molar-refractivity contribution is 6.30. The second kappa shape index (κ2) is 5.85. The van der Waals surface area contributed by atoms with E-state index < -0.39 is 5.63 Å². The lowest BCUT2D eigenvalue weighted by atomic mass is 9.99. The molecule has 2 aromatic carbocycles. The molecule has 0 atom stereocenters. The standard InChI is InChI=1S/C18H15ClO3/c1-3-21-18-16(12-5-7-13(19)8-6-12)15-10-11(2)4-9-14(15)17(20)22-18/h4-10H,3H2,1-2H3. The van der Waals surface area contributed by atoms with Crippen LogP contribution in [-0.4, -0.2) is 6.61 Å². The summed E-state index contributed by atoms with van der Waals surface area (Å²) in [5.74, 6) is 0.243. The Hall–Kier alpha value is -2.26. The van der Waals surface area contributed by atoms with Gasteiger partial charge >= 0.3 is 5.63 Å². The maximum absolute atomic E-state index is 12.2. The predicted molar refractivity (Wildman–Crippen MR) is 88.8 cm³/mol. The zero-order valence-electron chi connectivity index (χ0n) is 12.4. The van der Waals surface area contributed by atoms with E-state index in [0.29, 0.717) is 17.0 Å². The number of ether oxygens (including phenoxy) is 1. The first kappa shape index (κ1) is 14.7. The van der Waals surface area contributed by atoms with Crippen LogP contribution >= 0.6 is 11.6 Å². The molecule has 0 aliphatic rings. The smallest absolute Gasteiger partial charge is 0.346 e. The van der Waals surface area contributed by atoms with Crippen LogP contribution in [0.15, 0.2) is 51.7 Å². The van der Waals surface area contributed by atoms with Crippen LogP contribution in [0, 0.1) is 6.92 Å². The van der Waals surface area contributed by atoms with Gasteiger partial charge in [-0.2, -0.15) is 0 Å². The monoisotopic (exact) mass is 314 g/mol. The summed E-state index contributed by atoms with van der Waals surface area (Å²) in [4.78, 5) is 12.2. The van der Waals surface area contributed by atoms with Crippen molar-refractivity contribution < 1.29 is 9.15 Å². The minimum absolute atomic E-state index is 0.243. The van der Waals surface area contributed by atoms with Crippen LogP contribution in [0.4, 0.5) is 0 Å². The molecule has 0 saturated carbocycles. The Bertz CT molecular complexity index is 879. The number of hydrogen-bond donors (Lipinski definition) is 0. The summed E-state index contributed by atoms with van der Waals surface area (Å²) in [7, 11) is 0. The average Bonchev–Trinajstić information content (AvgIpc) is 2.49. The number of fused-ring (bicyclic) bond motifs is 1. The molecule has 3 rings (SSSR count). The molecule has 0 unspecified atom stereocenters. The highest BCUT2D eigenvalue weighted by atomic mass is 35.5. The zero-order valence-corrected chi connectivity index (χ0v) is 13.1. The molecule has 0 spiro atoms. The van der Waals surface area contributed by atoms with Crippen molar-refractivity contribution in [3.05, 3.63) is 63.5 Å². The van der Waals surface area contributed by atoms with E-state index in [1.165, 1.54) is 0 Å². The first-order valence-corrected chi connectivity index (χ1v) is 7.44. The Morgan fingerprint density at radius 3 is 2.50 bits per heavy atom. The number of aryl methyl sites for hydroxylation is 1. The second-order valence-electron chi connectivity index (χ2n) is 5.04. The molecular formula is C18H15ClO3. The molecule has 0 aliphatic carbocycles. The lowest BCUT2D eigenvalue weighted by Gasteiger charge is -2.12. The fourth-order valence-electron chi connectivity index (χ4n) is 2.47. The van der Waals surface area contributed by atoms with Crippen molar-refractivity contribution >= 4 is 22.4 Å². The lowest BCUT2D eigenvalue weighted by molar-refractivity contribution is 0.247. The molecule has 1 heterocycles. The topological polar surface area (TPSA) is 39.4 Å². The highest BCUT2D eigenvalue weighted by Crippen LogP contribution is 2.36. The molecule has 112 valence electrons. The van der Waals surface area contributed by atoms with E-state index >= 15 is 0 Å². The third-order valence-electron chi connectivity index (χ3n) is 3.46. The first-order valence-electron chi connectivity index (χ1n) is 7.06. The van der Waals surface area contributed by atoms with Crippen LogP contribution in [0.5, 0.6) is 5.95 Å². The van der Waals surface area contributed by atoms with E-state index in [0.717, 1.165) is 22.1 Å². The third-order valence-corrected chi connectivity index (χ3v) is 3.71. The second-order valence-corrected chi connectivity index (χ2v) is 5.48. The van der Waals surface area contributed by atoms with Crippen molar-refractivity contribution in [2.45, 2.75) is 13.8 Å². The van der Waals surface area contributed by atoms with Gasteiger partial charge in [0.05, 0.1) is 17.6 Å². The Kier molecular flexibility index (Phi) is 3.90. The molecule has 1 aromatic heterocycles. The Morgan fingerprint density at radius 2 is 1.82 bits per heavy atom. The highest BCUT2D eigenvalue weighted by Gasteiger charge is 2.17. The van der Waals surface area contributed by atoms with E-state index in [1.807, 2.05) is 38.1 Å². The SMILES string of the molecule is CCOc1oc(=O)c2ccc(C)cc2c1-c1ccc(Cl)cc1. The van der Waals surface area contributed by atoms with Crippen LogP contribution in [0.2, 0.25) is 5.02 Å². The van der Waals surface area contributed by atoms with Gasteiger partial charge in [0.25, 0.3) is 5.95 Å². The van der Waals surface area contributed by atoms with Crippen LogP contribution in [0.25, 0.3) is 21.9 Å². The van der Waals surface area contributed by atoms with Crippen molar-refractivity contribution in [2.24, 2.45) is 0 Å². The molecule has 0 bridgehead atoms. The van der Waals surface area contributed by atoms with Gasteiger partial charge in [-0.1, -0.05) is 41.4 Å². The van der Waals surface area contributed by atoms with E-state index in [1.54, 1.807) is 18.2 Å². The van der Waals surface area contributed by atoms with Crippen molar-refractivity contribution in [1.29, 1.82) is 0 Å². The molecule has 0 saturated heterocycles. The van der Waals surface area contributed by atoms with Gasteiger partial charge in [0.1, 0.15) is 0 Å². The summed E-state index contributed by atoms with van der Waals surface area (Å²) in [5, 5.41) is 2.01. The van der Waals surface area contributed by atoms with Gasteiger partial charge in [0.15, 0.2) is 0 Å². The number of rotatable bonds is 3. The maximum Gasteiger partial charge on any atom is 0.346 e. The molecule has 0 N–H and O–H groups in total. The quantitative estimate of drug-likeness (QED) is 0.695. The van der Waals surface area contributed by atoms with E-state index in [-0.39, 0.29) is 5.95 Å². The van der Waals surface area contributed by atoms with Gasteiger partial charge in [-0.3, -0.25) is 0 Å². The van der Waals surface area contributed by atoms with Gasteiger partial charge in [0.2, 0.25) is 0 Å². The van der Waals surface area contributed by atoms with Crippen LogP contribution in [0.3, 0.4) is 0 Å². The van der Waals surface area contributed by atoms with Crippen LogP contribution in [0.1, 0.15) is 12.5 Å². The molecule has 0 radical (unpaired) electrons. The van der Waals surface area contributed by atoms with Gasteiger partial charge in [-0.05, 0) is 37.6 Å². The number of halogens is 1. The predicted octanol–water partition coefficient (Wildman–Crippen LogP) is 4.82. The van der Waals surface area contributed by atoms with E-state index in [9.17, 15) is 4.79 Å². The Morgan fingerprint density at radius 1 is 1.09 bits per heavy atom. The summed E-state index contributed by atoms with van der Waals surface area (Å²) >= 11 is 5.96. The minimum Gasteiger partial charge on any atom is -0.465 e. The number of hydrogen-bond acceptors (Lipinski definition) is 3. The van der Waals surface area contributed by atoms with Crippen molar-refractivity contribution in [3.8, 4) is 17.1 Å². The molecule has 0 aliphatic heterocycles. The molecule has 22 heavy (non-hydrogen) atoms. The zero-order chi connectivity index (χ0) is 15.7. The minimum atomic E-state index is -0.392. The van der Waals surface area contributed by atoms with Crippen molar-refractivity contribution in [2.75, 3.05) is 6.61 Å². The maximum atomic E-state index is 12.2. The van der Waals surface area contributed by atoms with Gasteiger partial charge in [-0.25, -0.2) is 4.79 Å². The van der Waals surface area contributed by atoms with Crippen molar-refractivity contribution in [3.63, 3.8) is 0 Å². The van der Waals surface area contributed by atoms with Crippen LogP contribution < -0.4 is 10.4 Å². The van der Waals surface area contributed by atoms with Gasteiger partial charge in [-0.15, -0.1) is 0 Å². The summed E-state index contributed by atoms with van der Waals surface area (Å²) in [6.45, 7) is 4.26.